The molecule has 1 saturated carbocycles. The lowest BCUT2D eigenvalue weighted by atomic mass is 9.88. The van der Waals surface area contributed by atoms with Gasteiger partial charge in [-0.25, -0.2) is 4.98 Å². The van der Waals surface area contributed by atoms with Crippen molar-refractivity contribution in [3.05, 3.63) is 18.2 Å². The molecule has 3 nitrogen and oxygen atoms in total. The molecule has 0 radical (unpaired) electrons. The molecule has 1 aromatic rings. The van der Waals surface area contributed by atoms with Gasteiger partial charge >= 0.3 is 0 Å². The lowest BCUT2D eigenvalue weighted by Gasteiger charge is -2.20. The van der Waals surface area contributed by atoms with E-state index < -0.39 is 0 Å². The molecule has 14 heavy (non-hydrogen) atoms. The fourth-order valence-electron chi connectivity index (χ4n) is 2.07. The number of rotatable bonds is 2. The van der Waals surface area contributed by atoms with E-state index >= 15 is 0 Å². The topological polar surface area (TPSA) is 34.9 Å². The molecule has 1 aliphatic rings. The number of aromatic nitrogens is 2. The first-order chi connectivity index (χ1) is 6.75. The van der Waals surface area contributed by atoms with E-state index in [1.807, 2.05) is 24.0 Å². The van der Waals surface area contributed by atoms with Crippen LogP contribution in [0.15, 0.2) is 12.5 Å². The smallest absolute Gasteiger partial charge is 0.137 e. The van der Waals surface area contributed by atoms with Gasteiger partial charge in [0.05, 0.1) is 12.0 Å². The van der Waals surface area contributed by atoms with E-state index in [0.717, 1.165) is 31.5 Å². The van der Waals surface area contributed by atoms with Gasteiger partial charge in [-0.2, -0.15) is 0 Å². The highest BCUT2D eigenvalue weighted by Crippen LogP contribution is 2.22. The van der Waals surface area contributed by atoms with Crippen LogP contribution in [-0.2, 0) is 11.3 Å². The summed E-state index contributed by atoms with van der Waals surface area (Å²) in [7, 11) is 0. The van der Waals surface area contributed by atoms with E-state index in [4.69, 9.17) is 0 Å². The molecule has 1 fully saturated rings. The van der Waals surface area contributed by atoms with Crippen LogP contribution in [0.3, 0.4) is 0 Å². The van der Waals surface area contributed by atoms with Gasteiger partial charge in [0, 0.05) is 25.1 Å². The number of Topliss-reactive ketones (excluding diaryl/α,β-unsaturated/α-hetero) is 1. The summed E-state index contributed by atoms with van der Waals surface area (Å²) in [5, 5.41) is 0. The second kappa shape index (κ2) is 3.95. The summed E-state index contributed by atoms with van der Waals surface area (Å²) < 4.78 is 2.03. The molecule has 3 heteroatoms. The van der Waals surface area contributed by atoms with Gasteiger partial charge in [0.15, 0.2) is 0 Å². The number of hydrogen-bond donors (Lipinski definition) is 0. The second-order valence-corrected chi connectivity index (χ2v) is 4.12. The molecule has 0 aliphatic heterocycles. The Hall–Kier alpha value is -1.12. The third kappa shape index (κ3) is 2.03. The molecule has 1 aromatic heterocycles. The van der Waals surface area contributed by atoms with Gasteiger partial charge in [-0.3, -0.25) is 4.79 Å². The Balaban J connectivity index is 1.99. The van der Waals surface area contributed by atoms with Crippen LogP contribution < -0.4 is 0 Å². The molecule has 0 bridgehead atoms. The third-order valence-electron chi connectivity index (χ3n) is 2.87. The number of carbonyl (C=O) groups excluding carboxylic acids is 1. The van der Waals surface area contributed by atoms with Crippen LogP contribution in [-0.4, -0.2) is 15.3 Å². The monoisotopic (exact) mass is 192 g/mol. The zero-order valence-electron chi connectivity index (χ0n) is 8.57. The van der Waals surface area contributed by atoms with Crippen molar-refractivity contribution in [2.45, 2.75) is 39.2 Å². The van der Waals surface area contributed by atoms with E-state index in [-0.39, 0.29) is 5.92 Å². The van der Waals surface area contributed by atoms with Crippen LogP contribution in [0.4, 0.5) is 0 Å². The van der Waals surface area contributed by atoms with E-state index in [1.54, 1.807) is 0 Å². The number of imidazole rings is 1. The van der Waals surface area contributed by atoms with E-state index in [0.29, 0.717) is 5.78 Å². The maximum atomic E-state index is 11.6. The van der Waals surface area contributed by atoms with Crippen molar-refractivity contribution in [1.29, 1.82) is 0 Å². The molecule has 1 unspecified atom stereocenters. The Kier molecular flexibility index (Phi) is 2.66. The molecule has 0 aromatic carbocycles. The number of ketones is 1. The fraction of sp³-hybridized carbons (Fsp3) is 0.636. The highest BCUT2D eigenvalue weighted by atomic mass is 16.1. The summed E-state index contributed by atoms with van der Waals surface area (Å²) in [6.07, 6.45) is 7.93. The van der Waals surface area contributed by atoms with Crippen molar-refractivity contribution in [3.8, 4) is 0 Å². The van der Waals surface area contributed by atoms with E-state index in [2.05, 4.69) is 4.98 Å². The molecule has 0 N–H and O–H groups in total. The summed E-state index contributed by atoms with van der Waals surface area (Å²) in [4.78, 5) is 15.7. The van der Waals surface area contributed by atoms with Crippen molar-refractivity contribution >= 4 is 5.78 Å². The van der Waals surface area contributed by atoms with Crippen molar-refractivity contribution in [2.24, 2.45) is 5.92 Å². The Bertz CT molecular complexity index is 330. The standard InChI is InChI=1S/C11H16N2O/c1-9-6-13(8-12-9)7-10-4-2-3-5-11(10)14/h6,8,10H,2-5,7H2,1H3. The number of hydrogen-bond acceptors (Lipinski definition) is 2. The van der Waals surface area contributed by atoms with Crippen LogP contribution in [0.25, 0.3) is 0 Å². The zero-order chi connectivity index (χ0) is 9.97. The lowest BCUT2D eigenvalue weighted by Crippen LogP contribution is -2.23. The summed E-state index contributed by atoms with van der Waals surface area (Å²) in [5.41, 5.74) is 1.02. The molecule has 1 atom stereocenters. The molecule has 0 spiro atoms. The van der Waals surface area contributed by atoms with E-state index in [9.17, 15) is 4.79 Å². The molecular formula is C11H16N2O. The van der Waals surface area contributed by atoms with Gasteiger partial charge in [0.25, 0.3) is 0 Å². The van der Waals surface area contributed by atoms with Crippen LogP contribution in [0.2, 0.25) is 0 Å². The average molecular weight is 192 g/mol. The Morgan fingerprint density at radius 3 is 3.07 bits per heavy atom. The first-order valence-corrected chi connectivity index (χ1v) is 5.27. The fourth-order valence-corrected chi connectivity index (χ4v) is 2.07. The van der Waals surface area contributed by atoms with Gasteiger partial charge in [-0.1, -0.05) is 6.42 Å². The molecule has 1 aliphatic carbocycles. The first-order valence-electron chi connectivity index (χ1n) is 5.27. The maximum absolute atomic E-state index is 11.6. The molecule has 0 amide bonds. The Morgan fingerprint density at radius 1 is 1.57 bits per heavy atom. The minimum Gasteiger partial charge on any atom is -0.336 e. The number of aryl methyl sites for hydroxylation is 1. The van der Waals surface area contributed by atoms with Crippen molar-refractivity contribution in [1.82, 2.24) is 9.55 Å². The van der Waals surface area contributed by atoms with Crippen molar-refractivity contribution < 1.29 is 4.79 Å². The SMILES string of the molecule is Cc1cn(CC2CCCCC2=O)cn1. The molecule has 76 valence electrons. The highest BCUT2D eigenvalue weighted by molar-refractivity contribution is 5.81. The average Bonchev–Trinajstić information content (AvgIpc) is 2.56. The summed E-state index contributed by atoms with van der Waals surface area (Å²) in [6, 6.07) is 0. The highest BCUT2D eigenvalue weighted by Gasteiger charge is 2.22. The maximum Gasteiger partial charge on any atom is 0.137 e. The van der Waals surface area contributed by atoms with Gasteiger partial charge in [-0.15, -0.1) is 0 Å². The van der Waals surface area contributed by atoms with Crippen LogP contribution in [0.1, 0.15) is 31.4 Å². The second-order valence-electron chi connectivity index (χ2n) is 4.12. The molecular weight excluding hydrogens is 176 g/mol. The number of nitrogens with zero attached hydrogens (tertiary/aromatic N) is 2. The van der Waals surface area contributed by atoms with Gasteiger partial charge in [0.2, 0.25) is 0 Å². The van der Waals surface area contributed by atoms with Crippen molar-refractivity contribution in [3.63, 3.8) is 0 Å². The summed E-state index contributed by atoms with van der Waals surface area (Å²) >= 11 is 0. The van der Waals surface area contributed by atoms with Gasteiger partial charge in [-0.05, 0) is 19.8 Å². The van der Waals surface area contributed by atoms with Crippen LogP contribution in [0, 0.1) is 12.8 Å². The lowest BCUT2D eigenvalue weighted by molar-refractivity contribution is -0.125. The quantitative estimate of drug-likeness (QED) is 0.717. The Morgan fingerprint density at radius 2 is 2.43 bits per heavy atom. The summed E-state index contributed by atoms with van der Waals surface area (Å²) in [5.74, 6) is 0.667. The molecule has 0 saturated heterocycles. The predicted octanol–water partition coefficient (Wildman–Crippen LogP) is 1.95. The van der Waals surface area contributed by atoms with Crippen molar-refractivity contribution in [2.75, 3.05) is 0 Å². The normalized spacial score (nSPS) is 22.6. The summed E-state index contributed by atoms with van der Waals surface area (Å²) in [6.45, 7) is 2.79. The largest absolute Gasteiger partial charge is 0.336 e. The van der Waals surface area contributed by atoms with Crippen LogP contribution in [0.5, 0.6) is 0 Å². The third-order valence-corrected chi connectivity index (χ3v) is 2.87. The molecule has 2 rings (SSSR count). The Labute approximate surface area is 84.1 Å². The minimum atomic E-state index is 0.234. The van der Waals surface area contributed by atoms with Gasteiger partial charge < -0.3 is 4.57 Å². The predicted molar refractivity (Wildman–Crippen MR) is 53.9 cm³/mol. The van der Waals surface area contributed by atoms with Gasteiger partial charge in [0.1, 0.15) is 5.78 Å². The zero-order valence-corrected chi connectivity index (χ0v) is 8.57. The van der Waals surface area contributed by atoms with Crippen LogP contribution >= 0.6 is 0 Å². The minimum absolute atomic E-state index is 0.234. The molecule has 1 heterocycles. The number of carbonyl (C=O) groups is 1. The van der Waals surface area contributed by atoms with E-state index in [1.165, 1.54) is 6.42 Å². The first kappa shape index (κ1) is 9.44.